The Bertz CT molecular complexity index is 785. The van der Waals surface area contributed by atoms with Crippen LogP contribution in [-0.2, 0) is 20.9 Å². The lowest BCUT2D eigenvalue weighted by Crippen LogP contribution is -2.59. The molecule has 1 aromatic rings. The van der Waals surface area contributed by atoms with E-state index in [-0.39, 0.29) is 18.6 Å². The van der Waals surface area contributed by atoms with Gasteiger partial charge in [-0.05, 0) is 57.9 Å². The first-order valence-corrected chi connectivity index (χ1v) is 11.5. The molecule has 32 heavy (non-hydrogen) atoms. The minimum absolute atomic E-state index is 0.121. The summed E-state index contributed by atoms with van der Waals surface area (Å²) in [6, 6.07) is 9.21. The number of amides is 3. The topological polar surface area (TPSA) is 88.2 Å². The molecule has 8 heteroatoms. The summed E-state index contributed by atoms with van der Waals surface area (Å²) in [4.78, 5) is 40.1. The van der Waals surface area contributed by atoms with Gasteiger partial charge in [0.05, 0.1) is 0 Å². The van der Waals surface area contributed by atoms with Crippen molar-refractivity contribution in [2.75, 3.05) is 26.2 Å². The van der Waals surface area contributed by atoms with Crippen LogP contribution in [0.2, 0.25) is 0 Å². The number of carbonyl (C=O) groups is 3. The van der Waals surface area contributed by atoms with Crippen LogP contribution < -0.4 is 5.32 Å². The predicted molar refractivity (Wildman–Crippen MR) is 120 cm³/mol. The molecule has 0 bridgehead atoms. The molecule has 1 atom stereocenters. The van der Waals surface area contributed by atoms with Gasteiger partial charge in [-0.3, -0.25) is 9.69 Å². The number of likely N-dealkylation sites (tertiary alicyclic amines) is 2. The number of hydrogen-bond acceptors (Lipinski definition) is 5. The second kappa shape index (κ2) is 10.7. The largest absolute Gasteiger partial charge is 0.445 e. The van der Waals surface area contributed by atoms with Crippen molar-refractivity contribution in [1.29, 1.82) is 0 Å². The van der Waals surface area contributed by atoms with Crippen molar-refractivity contribution in [3.8, 4) is 0 Å². The van der Waals surface area contributed by atoms with Gasteiger partial charge in [0, 0.05) is 26.2 Å². The van der Waals surface area contributed by atoms with E-state index < -0.39 is 17.7 Å². The van der Waals surface area contributed by atoms with Crippen LogP contribution >= 0.6 is 0 Å². The molecule has 8 nitrogen and oxygen atoms in total. The third-order valence-electron chi connectivity index (χ3n) is 5.88. The Morgan fingerprint density at radius 1 is 1.00 bits per heavy atom. The number of hydrogen-bond donors (Lipinski definition) is 1. The highest BCUT2D eigenvalue weighted by Crippen LogP contribution is 2.23. The van der Waals surface area contributed by atoms with E-state index in [0.717, 1.165) is 24.8 Å². The smallest absolute Gasteiger partial charge is 0.410 e. The highest BCUT2D eigenvalue weighted by Gasteiger charge is 2.39. The highest BCUT2D eigenvalue weighted by atomic mass is 16.6. The molecule has 176 valence electrons. The molecule has 0 spiro atoms. The lowest BCUT2D eigenvalue weighted by atomic mass is 9.93. The molecule has 0 aliphatic carbocycles. The van der Waals surface area contributed by atoms with Gasteiger partial charge in [0.2, 0.25) is 5.91 Å². The minimum Gasteiger partial charge on any atom is -0.445 e. The molecule has 3 rings (SSSR count). The van der Waals surface area contributed by atoms with Crippen LogP contribution in [0.5, 0.6) is 0 Å². The molecule has 0 saturated carbocycles. The van der Waals surface area contributed by atoms with E-state index in [1.54, 1.807) is 4.90 Å². The summed E-state index contributed by atoms with van der Waals surface area (Å²) in [6.07, 6.45) is 2.60. The third kappa shape index (κ3) is 6.87. The van der Waals surface area contributed by atoms with Crippen molar-refractivity contribution < 1.29 is 23.9 Å². The van der Waals surface area contributed by atoms with Gasteiger partial charge in [0.25, 0.3) is 0 Å². The third-order valence-corrected chi connectivity index (χ3v) is 5.88. The number of nitrogens with one attached hydrogen (secondary N) is 1. The fraction of sp³-hybridized carbons (Fsp3) is 0.625. The summed E-state index contributed by atoms with van der Waals surface area (Å²) in [7, 11) is 0. The van der Waals surface area contributed by atoms with E-state index in [1.807, 2.05) is 51.1 Å². The quantitative estimate of drug-likeness (QED) is 0.723. The van der Waals surface area contributed by atoms with Crippen LogP contribution in [0, 0.1) is 5.92 Å². The zero-order valence-corrected chi connectivity index (χ0v) is 19.3. The Kier molecular flexibility index (Phi) is 7.99. The van der Waals surface area contributed by atoms with Crippen molar-refractivity contribution in [3.05, 3.63) is 35.9 Å². The molecule has 0 unspecified atom stereocenters. The minimum atomic E-state index is -0.573. The summed E-state index contributed by atoms with van der Waals surface area (Å²) in [5, 5.41) is 2.96. The second-order valence-corrected chi connectivity index (χ2v) is 9.53. The van der Waals surface area contributed by atoms with Crippen LogP contribution in [0.25, 0.3) is 0 Å². The maximum Gasteiger partial charge on any atom is 0.410 e. The molecular formula is C24H35N3O5. The fourth-order valence-corrected chi connectivity index (χ4v) is 3.93. The fourth-order valence-electron chi connectivity index (χ4n) is 3.93. The molecule has 2 saturated heterocycles. The number of carbonyl (C=O) groups excluding carboxylic acids is 3. The number of nitrogens with zero attached hydrogens (tertiary/aromatic N) is 2. The molecule has 2 aliphatic heterocycles. The van der Waals surface area contributed by atoms with Gasteiger partial charge >= 0.3 is 12.2 Å². The van der Waals surface area contributed by atoms with Crippen LogP contribution in [-0.4, -0.2) is 65.7 Å². The summed E-state index contributed by atoms with van der Waals surface area (Å²) in [5.41, 5.74) is 0.402. The normalized spacial score (nSPS) is 19.2. The number of ether oxygens (including phenoxy) is 2. The summed E-state index contributed by atoms with van der Waals surface area (Å²) in [6.45, 7) is 8.18. The van der Waals surface area contributed by atoms with Crippen molar-refractivity contribution in [2.24, 2.45) is 5.92 Å². The Balaban J connectivity index is 1.31. The molecule has 1 aromatic carbocycles. The number of benzene rings is 1. The van der Waals surface area contributed by atoms with Gasteiger partial charge in [0.15, 0.2) is 0 Å². The van der Waals surface area contributed by atoms with Crippen molar-refractivity contribution >= 4 is 18.1 Å². The first-order valence-electron chi connectivity index (χ1n) is 11.5. The molecule has 0 radical (unpaired) electrons. The van der Waals surface area contributed by atoms with E-state index in [4.69, 9.17) is 9.47 Å². The summed E-state index contributed by atoms with van der Waals surface area (Å²) < 4.78 is 10.8. The molecule has 2 fully saturated rings. The zero-order chi connectivity index (χ0) is 23.1. The van der Waals surface area contributed by atoms with E-state index in [2.05, 4.69) is 5.32 Å². The predicted octanol–water partition coefficient (Wildman–Crippen LogP) is 3.55. The maximum absolute atomic E-state index is 12.4. The Morgan fingerprint density at radius 3 is 2.28 bits per heavy atom. The van der Waals surface area contributed by atoms with Gasteiger partial charge in [-0.25, -0.2) is 9.59 Å². The lowest BCUT2D eigenvalue weighted by Gasteiger charge is -2.40. The Hall–Kier alpha value is -2.77. The number of piperidine rings is 1. The number of rotatable bonds is 6. The average molecular weight is 446 g/mol. The monoisotopic (exact) mass is 445 g/mol. The van der Waals surface area contributed by atoms with Crippen molar-refractivity contribution in [2.45, 2.75) is 64.7 Å². The second-order valence-electron chi connectivity index (χ2n) is 9.53. The first kappa shape index (κ1) is 23.9. The van der Waals surface area contributed by atoms with Crippen molar-refractivity contribution in [1.82, 2.24) is 15.1 Å². The van der Waals surface area contributed by atoms with E-state index in [0.29, 0.717) is 38.5 Å². The molecular weight excluding hydrogens is 410 g/mol. The van der Waals surface area contributed by atoms with Crippen LogP contribution in [0.4, 0.5) is 9.59 Å². The van der Waals surface area contributed by atoms with Gasteiger partial charge in [-0.2, -0.15) is 0 Å². The highest BCUT2D eigenvalue weighted by molar-refractivity contribution is 5.87. The Labute approximate surface area is 190 Å². The van der Waals surface area contributed by atoms with E-state index in [9.17, 15) is 14.4 Å². The SMILES string of the molecule is CC(C)(C)OC(=O)N1CC[C@H]1C(=O)NCCC1CCN(C(=O)OCc2ccccc2)CC1. The van der Waals surface area contributed by atoms with Gasteiger partial charge in [-0.1, -0.05) is 30.3 Å². The van der Waals surface area contributed by atoms with Gasteiger partial charge < -0.3 is 19.7 Å². The molecule has 1 N–H and O–H groups in total. The average Bonchev–Trinajstić information content (AvgIpc) is 2.71. The van der Waals surface area contributed by atoms with E-state index in [1.165, 1.54) is 4.90 Å². The Morgan fingerprint density at radius 2 is 1.69 bits per heavy atom. The first-order chi connectivity index (χ1) is 15.2. The summed E-state index contributed by atoms with van der Waals surface area (Å²) in [5.74, 6) is 0.334. The van der Waals surface area contributed by atoms with Crippen LogP contribution in [0.15, 0.2) is 30.3 Å². The lowest BCUT2D eigenvalue weighted by molar-refractivity contribution is -0.130. The summed E-state index contributed by atoms with van der Waals surface area (Å²) >= 11 is 0. The van der Waals surface area contributed by atoms with Crippen molar-refractivity contribution in [3.63, 3.8) is 0 Å². The maximum atomic E-state index is 12.4. The van der Waals surface area contributed by atoms with Gasteiger partial charge in [0.1, 0.15) is 18.2 Å². The molecule has 0 aromatic heterocycles. The van der Waals surface area contributed by atoms with E-state index >= 15 is 0 Å². The van der Waals surface area contributed by atoms with Crippen LogP contribution in [0.1, 0.15) is 52.0 Å². The van der Waals surface area contributed by atoms with Gasteiger partial charge in [-0.15, -0.1) is 0 Å². The molecule has 2 heterocycles. The van der Waals surface area contributed by atoms with Crippen LogP contribution in [0.3, 0.4) is 0 Å². The zero-order valence-electron chi connectivity index (χ0n) is 19.3. The standard InChI is InChI=1S/C24H35N3O5/c1-24(2,3)32-23(30)27-16-12-20(27)21(28)25-13-9-18-10-14-26(15-11-18)22(29)31-17-19-7-5-4-6-8-19/h4-8,18,20H,9-17H2,1-3H3,(H,25,28)/t20-/m0/s1. The molecule has 3 amide bonds. The molecule has 2 aliphatic rings.